The van der Waals surface area contributed by atoms with Crippen molar-refractivity contribution in [2.75, 3.05) is 18.1 Å². The Balaban J connectivity index is 2.04. The lowest BCUT2D eigenvalue weighted by Gasteiger charge is -2.45. The van der Waals surface area contributed by atoms with Gasteiger partial charge < -0.3 is 15.4 Å². The highest BCUT2D eigenvalue weighted by Crippen LogP contribution is 2.34. The Morgan fingerprint density at radius 2 is 2.14 bits per heavy atom. The predicted molar refractivity (Wildman–Crippen MR) is 88.9 cm³/mol. The van der Waals surface area contributed by atoms with Gasteiger partial charge in [0.1, 0.15) is 4.99 Å². The molecule has 0 spiro atoms. The molecule has 1 aliphatic heterocycles. The van der Waals surface area contributed by atoms with Gasteiger partial charge in [-0.25, -0.2) is 0 Å². The van der Waals surface area contributed by atoms with E-state index in [4.69, 9.17) is 22.7 Å². The molecule has 1 aliphatic carbocycles. The first kappa shape index (κ1) is 14.7. The number of nitrogens with two attached hydrogens (primary N) is 1. The molecule has 2 aliphatic rings. The van der Waals surface area contributed by atoms with Gasteiger partial charge in [-0.3, -0.25) is 4.98 Å². The lowest BCUT2D eigenvalue weighted by atomic mass is 9.89. The molecule has 1 aromatic rings. The minimum absolute atomic E-state index is 0.348. The van der Waals surface area contributed by atoms with Crippen molar-refractivity contribution in [1.29, 1.82) is 0 Å². The molecule has 2 N–H and O–H groups in total. The van der Waals surface area contributed by atoms with E-state index in [-0.39, 0.29) is 0 Å². The maximum absolute atomic E-state index is 5.97. The zero-order valence-electron chi connectivity index (χ0n) is 12.8. The second-order valence-electron chi connectivity index (χ2n) is 6.06. The molecule has 1 aromatic heterocycles. The van der Waals surface area contributed by atoms with Crippen LogP contribution >= 0.6 is 12.2 Å². The molecule has 2 fully saturated rings. The van der Waals surface area contributed by atoms with Crippen LogP contribution in [0.25, 0.3) is 0 Å². The van der Waals surface area contributed by atoms with Crippen LogP contribution < -0.4 is 10.6 Å². The zero-order chi connectivity index (χ0) is 15.0. The monoisotopic (exact) mass is 305 g/mol. The van der Waals surface area contributed by atoms with Gasteiger partial charge in [0, 0.05) is 17.9 Å². The Morgan fingerprint density at radius 1 is 1.38 bits per heavy atom. The minimum atomic E-state index is 0.348. The maximum Gasteiger partial charge on any atom is 0.107 e. The summed E-state index contributed by atoms with van der Waals surface area (Å²) in [4.78, 5) is 7.43. The summed E-state index contributed by atoms with van der Waals surface area (Å²) in [5.41, 5.74) is 9.99. The van der Waals surface area contributed by atoms with E-state index < -0.39 is 0 Å². The molecule has 2 unspecified atom stereocenters. The quantitative estimate of drug-likeness (QED) is 0.851. The first-order chi connectivity index (χ1) is 10.1. The summed E-state index contributed by atoms with van der Waals surface area (Å²) >= 11 is 5.28. The molecule has 1 saturated carbocycles. The number of aromatic nitrogens is 1. The summed E-state index contributed by atoms with van der Waals surface area (Å²) in [6, 6.07) is 2.57. The summed E-state index contributed by atoms with van der Waals surface area (Å²) in [7, 11) is 0. The van der Waals surface area contributed by atoms with Crippen LogP contribution in [0.1, 0.15) is 42.6 Å². The van der Waals surface area contributed by atoms with E-state index in [9.17, 15) is 0 Å². The minimum Gasteiger partial charge on any atom is -0.389 e. The molecule has 21 heavy (non-hydrogen) atoms. The number of ether oxygens (including phenoxy) is 1. The molecular formula is C16H23N3OS. The zero-order valence-corrected chi connectivity index (χ0v) is 13.6. The smallest absolute Gasteiger partial charge is 0.107 e. The fourth-order valence-electron chi connectivity index (χ4n) is 3.73. The fourth-order valence-corrected chi connectivity index (χ4v) is 3.99. The number of rotatable bonds is 2. The molecule has 0 aromatic carbocycles. The number of nitrogens with zero attached hydrogens (tertiary/aromatic N) is 2. The van der Waals surface area contributed by atoms with E-state index in [2.05, 4.69) is 16.0 Å². The number of anilines is 1. The lowest BCUT2D eigenvalue weighted by molar-refractivity contribution is -0.00870. The van der Waals surface area contributed by atoms with Gasteiger partial charge in [-0.1, -0.05) is 25.1 Å². The van der Waals surface area contributed by atoms with Gasteiger partial charge >= 0.3 is 0 Å². The largest absolute Gasteiger partial charge is 0.389 e. The van der Waals surface area contributed by atoms with Gasteiger partial charge in [-0.15, -0.1) is 0 Å². The van der Waals surface area contributed by atoms with E-state index in [0.717, 1.165) is 42.2 Å². The predicted octanol–water partition coefficient (Wildman–Crippen LogP) is 2.48. The third-order valence-corrected chi connectivity index (χ3v) is 4.80. The molecule has 2 heterocycles. The number of morpholine rings is 1. The summed E-state index contributed by atoms with van der Waals surface area (Å²) in [6.07, 6.45) is 5.23. The number of hydrogen-bond acceptors (Lipinski definition) is 4. The highest BCUT2D eigenvalue weighted by molar-refractivity contribution is 7.80. The SMILES string of the molecule is Cc1cc(N2CCOC3CCCCC32)c(C(N)=S)c(C)n1. The molecule has 3 rings (SSSR count). The van der Waals surface area contributed by atoms with E-state index in [1.54, 1.807) is 0 Å². The number of hydrogen-bond donors (Lipinski definition) is 1. The number of fused-ring (bicyclic) bond motifs is 1. The second-order valence-corrected chi connectivity index (χ2v) is 6.50. The van der Waals surface area contributed by atoms with Crippen LogP contribution in [0.15, 0.2) is 6.07 Å². The molecular weight excluding hydrogens is 282 g/mol. The van der Waals surface area contributed by atoms with Crippen molar-refractivity contribution in [3.05, 3.63) is 23.0 Å². The number of thiocarbonyl (C=S) groups is 1. The summed E-state index contributed by atoms with van der Waals surface area (Å²) in [6.45, 7) is 5.69. The van der Waals surface area contributed by atoms with Crippen molar-refractivity contribution in [2.24, 2.45) is 5.73 Å². The first-order valence-corrected chi connectivity index (χ1v) is 8.15. The molecule has 114 valence electrons. The molecule has 5 heteroatoms. The van der Waals surface area contributed by atoms with E-state index >= 15 is 0 Å². The Labute approximate surface area is 131 Å². The first-order valence-electron chi connectivity index (χ1n) is 7.74. The van der Waals surface area contributed by atoms with Crippen molar-refractivity contribution in [3.63, 3.8) is 0 Å². The molecule has 0 radical (unpaired) electrons. The van der Waals surface area contributed by atoms with E-state index in [0.29, 0.717) is 17.1 Å². The van der Waals surface area contributed by atoms with Gasteiger partial charge in [0.15, 0.2) is 0 Å². The lowest BCUT2D eigenvalue weighted by Crippen LogP contribution is -2.53. The molecule has 1 saturated heterocycles. The Morgan fingerprint density at radius 3 is 2.90 bits per heavy atom. The normalized spacial score (nSPS) is 25.5. The highest BCUT2D eigenvalue weighted by Gasteiger charge is 2.35. The van der Waals surface area contributed by atoms with Crippen LogP contribution in [0.4, 0.5) is 5.69 Å². The highest BCUT2D eigenvalue weighted by atomic mass is 32.1. The third-order valence-electron chi connectivity index (χ3n) is 4.60. The summed E-state index contributed by atoms with van der Waals surface area (Å²) in [5.74, 6) is 0. The van der Waals surface area contributed by atoms with E-state index in [1.807, 2.05) is 13.8 Å². The molecule has 0 bridgehead atoms. The van der Waals surface area contributed by atoms with Gasteiger partial charge in [0.05, 0.1) is 30.0 Å². The number of aryl methyl sites for hydroxylation is 2. The van der Waals surface area contributed by atoms with Crippen LogP contribution in [-0.2, 0) is 4.74 Å². The summed E-state index contributed by atoms with van der Waals surface area (Å²) < 4.78 is 5.97. The van der Waals surface area contributed by atoms with Gasteiger partial charge in [-0.2, -0.15) is 0 Å². The maximum atomic E-state index is 5.97. The fraction of sp³-hybridized carbons (Fsp3) is 0.625. The average molecular weight is 305 g/mol. The van der Waals surface area contributed by atoms with Crippen LogP contribution in [0.2, 0.25) is 0 Å². The molecule has 4 nitrogen and oxygen atoms in total. The van der Waals surface area contributed by atoms with Crippen LogP contribution in [-0.4, -0.2) is 35.3 Å². The van der Waals surface area contributed by atoms with E-state index in [1.165, 1.54) is 19.3 Å². The van der Waals surface area contributed by atoms with Gasteiger partial charge in [-0.05, 0) is 32.8 Å². The molecule has 2 atom stereocenters. The van der Waals surface area contributed by atoms with Crippen molar-refractivity contribution < 1.29 is 4.74 Å². The van der Waals surface area contributed by atoms with Crippen molar-refractivity contribution in [2.45, 2.75) is 51.7 Å². The van der Waals surface area contributed by atoms with Crippen molar-refractivity contribution in [3.8, 4) is 0 Å². The van der Waals surface area contributed by atoms with Crippen LogP contribution in [0, 0.1) is 13.8 Å². The molecule has 0 amide bonds. The van der Waals surface area contributed by atoms with Gasteiger partial charge in [0.2, 0.25) is 0 Å². The van der Waals surface area contributed by atoms with Crippen LogP contribution in [0.3, 0.4) is 0 Å². The summed E-state index contributed by atoms with van der Waals surface area (Å²) in [5, 5.41) is 0. The van der Waals surface area contributed by atoms with Crippen molar-refractivity contribution in [1.82, 2.24) is 4.98 Å². The Kier molecular flexibility index (Phi) is 4.13. The average Bonchev–Trinajstić information content (AvgIpc) is 2.45. The topological polar surface area (TPSA) is 51.4 Å². The second kappa shape index (κ2) is 5.89. The Hall–Kier alpha value is -1.20. The third kappa shape index (κ3) is 2.77. The van der Waals surface area contributed by atoms with Gasteiger partial charge in [0.25, 0.3) is 0 Å². The Bertz CT molecular complexity index is 559. The van der Waals surface area contributed by atoms with Crippen LogP contribution in [0.5, 0.6) is 0 Å². The number of pyridine rings is 1. The van der Waals surface area contributed by atoms with Crippen molar-refractivity contribution >= 4 is 22.9 Å². The standard InChI is InChI=1S/C16H23N3OS/c1-10-9-13(15(16(17)21)11(2)18-10)19-7-8-20-14-6-4-3-5-12(14)19/h9,12,14H,3-8H2,1-2H3,(H2,17,21).